The molecule has 0 saturated heterocycles. The molecule has 14 aromatic carbocycles. The number of pyridine rings is 9. The fourth-order valence-corrected chi connectivity index (χ4v) is 16.6. The van der Waals surface area contributed by atoms with Crippen LogP contribution in [0.5, 0.6) is 0 Å². The van der Waals surface area contributed by atoms with Gasteiger partial charge in [0.15, 0.2) is 0 Å². The zero-order chi connectivity index (χ0) is 72.6. The van der Waals surface area contributed by atoms with Crippen LogP contribution in [0.1, 0.15) is 0 Å². The zero-order valence-electron chi connectivity index (χ0n) is 59.2. The summed E-state index contributed by atoms with van der Waals surface area (Å²) in [4.78, 5) is 44.5. The topological polar surface area (TPSA) is 116 Å². The standard InChI is InChI=1S/2C35H21N3.C31H19N3/c1-3-11-24-22(9-1)17-18-29-32(24)28-15-7-8-16-31(28)38-33(29)30-21-37-35(27-14-6-5-13-26(27)30)34-25-12-4-2-10-23(25)19-20-36-34;1-2-10-23-22(9-1)18-19-29-33(23)28-13-5-6-16-32(28)38-35(29)30-21-37-34(26-12-4-3-11-24(26)30)27-14-7-17-31-25(27)15-8-20-36-31;1-3-9-23-20(7-1)13-14-26-29(23)25-11-5-6-12-27(25)34-31(26)28-19-22(16-17-32-28)30-24-10-4-2-8-21(24)15-18-33-30/h2*1-21H;1-19H. The molecule has 9 heterocycles. The fraction of sp³-hybridized carbons (Fsp3) is 0. The van der Waals surface area contributed by atoms with Gasteiger partial charge in [-0.1, -0.05) is 279 Å². The van der Waals surface area contributed by atoms with E-state index in [1.54, 1.807) is 0 Å². The predicted octanol–water partition coefficient (Wildman–Crippen LogP) is 25.8. The largest absolute Gasteiger partial charge is 0.256 e. The summed E-state index contributed by atoms with van der Waals surface area (Å²) >= 11 is 0. The Balaban J connectivity index is 0.000000105. The van der Waals surface area contributed by atoms with Gasteiger partial charge >= 0.3 is 0 Å². The Labute approximate surface area is 630 Å². The Kier molecular flexibility index (Phi) is 15.4. The number of hydrogen-bond donors (Lipinski definition) is 0. The Morgan fingerprint density at radius 2 is 0.527 bits per heavy atom. The van der Waals surface area contributed by atoms with Crippen LogP contribution >= 0.6 is 0 Å². The predicted molar refractivity (Wildman–Crippen MR) is 457 cm³/mol. The Morgan fingerprint density at radius 3 is 1.05 bits per heavy atom. The number of nitrogens with zero attached hydrogens (tertiary/aromatic N) is 9. The first kappa shape index (κ1) is 63.5. The molecule has 23 rings (SSSR count). The van der Waals surface area contributed by atoms with E-state index in [1.807, 2.05) is 73.6 Å². The third-order valence-electron chi connectivity index (χ3n) is 21.6. The highest BCUT2D eigenvalue weighted by molar-refractivity contribution is 6.26. The van der Waals surface area contributed by atoms with Crippen molar-refractivity contribution < 1.29 is 0 Å². The maximum absolute atomic E-state index is 5.23. The minimum atomic E-state index is 0.846. The molecule has 0 N–H and O–H groups in total. The molecule has 0 spiro atoms. The minimum Gasteiger partial charge on any atom is -0.256 e. The van der Waals surface area contributed by atoms with Crippen LogP contribution in [0, 0.1) is 0 Å². The molecule has 0 bridgehead atoms. The van der Waals surface area contributed by atoms with Gasteiger partial charge in [0.25, 0.3) is 0 Å². The zero-order valence-corrected chi connectivity index (χ0v) is 59.2. The highest BCUT2D eigenvalue weighted by atomic mass is 14.8. The molecule has 0 fully saturated rings. The third-order valence-corrected chi connectivity index (χ3v) is 21.6. The highest BCUT2D eigenvalue weighted by Crippen LogP contribution is 2.45. The SMILES string of the molecule is c1ccc2c(-c3ccnc(-c4nc5ccccc5c5c4ccc4ccccc45)c3)nccc2c1.c1ccc2c(-c3ncc(-c4nc5ccccc5c5c4ccc4ccccc45)c4ccccc34)nccc2c1.c1ccc2c(c1)ccc1c(-c3cnc(-c4cccc5ncccc45)c4ccccc34)nc3ccccc3c12. The lowest BCUT2D eigenvalue weighted by Crippen LogP contribution is -1.96. The molecule has 9 aromatic heterocycles. The van der Waals surface area contributed by atoms with Gasteiger partial charge in [0.05, 0.1) is 67.6 Å². The lowest BCUT2D eigenvalue weighted by Gasteiger charge is -2.15. The van der Waals surface area contributed by atoms with Crippen molar-refractivity contribution in [1.29, 1.82) is 0 Å². The van der Waals surface area contributed by atoms with Crippen molar-refractivity contribution in [2.24, 2.45) is 0 Å². The number of fused-ring (bicyclic) bond motifs is 20. The van der Waals surface area contributed by atoms with Gasteiger partial charge < -0.3 is 0 Å². The Morgan fingerprint density at radius 1 is 0.164 bits per heavy atom. The van der Waals surface area contributed by atoms with Crippen LogP contribution in [0.25, 0.3) is 219 Å². The Hall–Kier alpha value is -14.9. The normalized spacial score (nSPS) is 11.6. The number of rotatable bonds is 6. The molecule has 0 unspecified atom stereocenters. The number of hydrogen-bond acceptors (Lipinski definition) is 9. The van der Waals surface area contributed by atoms with E-state index in [-0.39, 0.29) is 0 Å². The quantitative estimate of drug-likeness (QED) is 0.150. The van der Waals surface area contributed by atoms with E-state index in [9.17, 15) is 0 Å². The second-order valence-electron chi connectivity index (χ2n) is 27.8. The highest BCUT2D eigenvalue weighted by Gasteiger charge is 2.23. The van der Waals surface area contributed by atoms with Crippen LogP contribution in [0.4, 0.5) is 0 Å². The molecule has 0 aliphatic heterocycles. The molecular weight excluding hydrogens is 1340 g/mol. The van der Waals surface area contributed by atoms with Gasteiger partial charge in [-0.05, 0) is 108 Å². The molecule has 0 amide bonds. The average Bonchev–Trinajstić information content (AvgIpc) is 0.735. The van der Waals surface area contributed by atoms with Crippen LogP contribution in [0.15, 0.2) is 371 Å². The first-order valence-electron chi connectivity index (χ1n) is 37.0. The van der Waals surface area contributed by atoms with Crippen molar-refractivity contribution in [2.75, 3.05) is 0 Å². The summed E-state index contributed by atoms with van der Waals surface area (Å²) < 4.78 is 0. The number of benzene rings is 14. The summed E-state index contributed by atoms with van der Waals surface area (Å²) in [5, 5.41) is 28.0. The van der Waals surface area contributed by atoms with E-state index < -0.39 is 0 Å². The summed E-state index contributed by atoms with van der Waals surface area (Å²) in [6.45, 7) is 0. The maximum Gasteiger partial charge on any atom is 0.0972 e. The first-order chi connectivity index (χ1) is 54.6. The van der Waals surface area contributed by atoms with Gasteiger partial charge in [0.2, 0.25) is 0 Å². The summed E-state index contributed by atoms with van der Waals surface area (Å²) in [7, 11) is 0. The second-order valence-corrected chi connectivity index (χ2v) is 27.8. The van der Waals surface area contributed by atoms with E-state index in [1.165, 1.54) is 59.2 Å². The van der Waals surface area contributed by atoms with Crippen molar-refractivity contribution in [2.45, 2.75) is 0 Å². The van der Waals surface area contributed by atoms with Crippen LogP contribution in [-0.2, 0) is 0 Å². The van der Waals surface area contributed by atoms with Gasteiger partial charge in [-0.15, -0.1) is 0 Å². The molecular formula is C101H61N9. The van der Waals surface area contributed by atoms with E-state index in [0.717, 1.165) is 160 Å². The van der Waals surface area contributed by atoms with E-state index in [2.05, 4.69) is 302 Å². The van der Waals surface area contributed by atoms with Crippen molar-refractivity contribution in [1.82, 2.24) is 44.9 Å². The van der Waals surface area contributed by atoms with Gasteiger partial charge in [0, 0.05) is 135 Å². The van der Waals surface area contributed by atoms with Gasteiger partial charge in [-0.3, -0.25) is 29.9 Å². The molecule has 0 aliphatic rings. The molecule has 510 valence electrons. The van der Waals surface area contributed by atoms with Gasteiger partial charge in [0.1, 0.15) is 0 Å². The summed E-state index contributed by atoms with van der Waals surface area (Å²) in [5.41, 5.74) is 15.4. The first-order valence-corrected chi connectivity index (χ1v) is 37.0. The van der Waals surface area contributed by atoms with Gasteiger partial charge in [-0.2, -0.15) is 0 Å². The van der Waals surface area contributed by atoms with E-state index in [0.29, 0.717) is 0 Å². The summed E-state index contributed by atoms with van der Waals surface area (Å²) in [5.74, 6) is 0. The molecule has 9 heteroatoms. The van der Waals surface area contributed by atoms with Crippen molar-refractivity contribution in [3.63, 3.8) is 0 Å². The average molecular weight is 1400 g/mol. The molecule has 0 saturated carbocycles. The van der Waals surface area contributed by atoms with Gasteiger partial charge in [-0.25, -0.2) is 15.0 Å². The Bertz CT molecular complexity index is 7330. The van der Waals surface area contributed by atoms with Crippen LogP contribution in [0.3, 0.4) is 0 Å². The van der Waals surface area contributed by atoms with Crippen LogP contribution in [-0.4, -0.2) is 44.9 Å². The summed E-state index contributed by atoms with van der Waals surface area (Å²) in [6.07, 6.45) is 11.4. The van der Waals surface area contributed by atoms with Crippen molar-refractivity contribution in [3.8, 4) is 67.8 Å². The minimum absolute atomic E-state index is 0.846. The van der Waals surface area contributed by atoms with Crippen molar-refractivity contribution in [3.05, 3.63) is 371 Å². The summed E-state index contributed by atoms with van der Waals surface area (Å²) in [6, 6.07) is 116. The molecule has 0 radical (unpaired) electrons. The lowest BCUT2D eigenvalue weighted by atomic mass is 9.93. The number of para-hydroxylation sites is 3. The monoisotopic (exact) mass is 1400 g/mol. The molecule has 0 aliphatic carbocycles. The maximum atomic E-state index is 5.23. The smallest absolute Gasteiger partial charge is 0.0972 e. The van der Waals surface area contributed by atoms with E-state index >= 15 is 0 Å². The van der Waals surface area contributed by atoms with E-state index in [4.69, 9.17) is 39.9 Å². The molecule has 110 heavy (non-hydrogen) atoms. The number of aromatic nitrogens is 9. The van der Waals surface area contributed by atoms with Crippen LogP contribution < -0.4 is 0 Å². The fourth-order valence-electron chi connectivity index (χ4n) is 16.6. The molecule has 23 aromatic rings. The molecule has 9 nitrogen and oxygen atoms in total. The lowest BCUT2D eigenvalue weighted by molar-refractivity contribution is 1.28. The van der Waals surface area contributed by atoms with Crippen molar-refractivity contribution >= 4 is 151 Å². The third kappa shape index (κ3) is 10.7. The second kappa shape index (κ2) is 26.6. The van der Waals surface area contributed by atoms with Crippen LogP contribution in [0.2, 0.25) is 0 Å². The molecule has 0 atom stereocenters.